The highest BCUT2D eigenvalue weighted by Gasteiger charge is 2.25. The molecule has 2 aromatic rings. The van der Waals surface area contributed by atoms with E-state index in [1.807, 2.05) is 18.2 Å². The Morgan fingerprint density at radius 3 is 3.00 bits per heavy atom. The standard InChI is InChI=1S/C20H24N6O2/c1-2-3-6-16-11-18(26-9-8-17(13-26)24-20(27)28)25-19(23-16)22-15-7-4-5-14(10-15)12-21/h4-5,7,10-11,17,24H,2-3,6,8-9,13H2,1H3,(H,27,28)(H,22,23,25). The lowest BCUT2D eigenvalue weighted by molar-refractivity contribution is 0.191. The summed E-state index contributed by atoms with van der Waals surface area (Å²) in [5, 5.41) is 23.8. The van der Waals surface area contributed by atoms with Crippen molar-refractivity contribution in [3.05, 3.63) is 41.6 Å². The lowest BCUT2D eigenvalue weighted by Gasteiger charge is -2.19. The second kappa shape index (κ2) is 9.04. The van der Waals surface area contributed by atoms with Crippen molar-refractivity contribution in [2.24, 2.45) is 0 Å². The summed E-state index contributed by atoms with van der Waals surface area (Å²) in [6.45, 7) is 3.45. The zero-order chi connectivity index (χ0) is 19.9. The Balaban J connectivity index is 1.82. The van der Waals surface area contributed by atoms with E-state index in [1.54, 1.807) is 12.1 Å². The Kier molecular flexibility index (Phi) is 6.27. The van der Waals surface area contributed by atoms with Gasteiger partial charge >= 0.3 is 6.09 Å². The van der Waals surface area contributed by atoms with Crippen LogP contribution in [0.3, 0.4) is 0 Å². The maximum atomic E-state index is 10.9. The van der Waals surface area contributed by atoms with Crippen molar-refractivity contribution in [2.75, 3.05) is 23.3 Å². The minimum atomic E-state index is -1.00. The van der Waals surface area contributed by atoms with Gasteiger partial charge in [0.1, 0.15) is 5.82 Å². The van der Waals surface area contributed by atoms with Crippen LogP contribution in [0, 0.1) is 11.3 Å². The second-order valence-corrected chi connectivity index (χ2v) is 6.84. The fourth-order valence-corrected chi connectivity index (χ4v) is 3.24. The highest BCUT2D eigenvalue weighted by molar-refractivity contribution is 5.65. The summed E-state index contributed by atoms with van der Waals surface area (Å²) in [5.41, 5.74) is 2.26. The zero-order valence-corrected chi connectivity index (χ0v) is 15.9. The number of unbranched alkanes of at least 4 members (excludes halogenated alkanes) is 1. The zero-order valence-electron chi connectivity index (χ0n) is 15.9. The molecule has 1 amide bonds. The Morgan fingerprint density at radius 1 is 1.39 bits per heavy atom. The first kappa shape index (κ1) is 19.4. The molecule has 0 aliphatic carbocycles. The Labute approximate surface area is 164 Å². The number of benzene rings is 1. The smallest absolute Gasteiger partial charge is 0.404 e. The molecule has 2 heterocycles. The van der Waals surface area contributed by atoms with E-state index in [-0.39, 0.29) is 6.04 Å². The third-order valence-electron chi connectivity index (χ3n) is 4.64. The number of hydrogen-bond acceptors (Lipinski definition) is 6. The monoisotopic (exact) mass is 380 g/mol. The van der Waals surface area contributed by atoms with E-state index in [4.69, 9.17) is 10.4 Å². The summed E-state index contributed by atoms with van der Waals surface area (Å²) in [6.07, 6.45) is 2.69. The largest absolute Gasteiger partial charge is 0.465 e. The highest BCUT2D eigenvalue weighted by atomic mass is 16.4. The Bertz CT molecular complexity index is 879. The van der Waals surface area contributed by atoms with E-state index in [0.717, 1.165) is 49.4 Å². The molecular weight excluding hydrogens is 356 g/mol. The maximum absolute atomic E-state index is 10.9. The van der Waals surface area contributed by atoms with Crippen LogP contribution in [0.1, 0.15) is 37.4 Å². The van der Waals surface area contributed by atoms with E-state index in [9.17, 15) is 4.79 Å². The number of nitrogens with one attached hydrogen (secondary N) is 2. The molecule has 3 rings (SSSR count). The fourth-order valence-electron chi connectivity index (χ4n) is 3.24. The van der Waals surface area contributed by atoms with Gasteiger partial charge in [0.15, 0.2) is 0 Å². The summed E-state index contributed by atoms with van der Waals surface area (Å²) in [5.74, 6) is 1.27. The second-order valence-electron chi connectivity index (χ2n) is 6.84. The maximum Gasteiger partial charge on any atom is 0.404 e. The quantitative estimate of drug-likeness (QED) is 0.675. The molecular formula is C20H24N6O2. The molecule has 1 saturated heterocycles. The third-order valence-corrected chi connectivity index (χ3v) is 4.64. The number of rotatable bonds is 7. The van der Waals surface area contributed by atoms with Gasteiger partial charge in [0.2, 0.25) is 5.95 Å². The Hall–Kier alpha value is -3.34. The van der Waals surface area contributed by atoms with Gasteiger partial charge in [-0.2, -0.15) is 10.2 Å². The molecule has 3 N–H and O–H groups in total. The minimum Gasteiger partial charge on any atom is -0.465 e. The molecule has 1 aliphatic heterocycles. The van der Waals surface area contributed by atoms with Crippen molar-refractivity contribution >= 4 is 23.5 Å². The first-order valence-corrected chi connectivity index (χ1v) is 9.47. The average Bonchev–Trinajstić information content (AvgIpc) is 3.14. The van der Waals surface area contributed by atoms with Crippen LogP contribution in [0.2, 0.25) is 0 Å². The molecule has 146 valence electrons. The number of aromatic nitrogens is 2. The van der Waals surface area contributed by atoms with Gasteiger partial charge < -0.3 is 20.6 Å². The summed E-state index contributed by atoms with van der Waals surface area (Å²) in [4.78, 5) is 22.2. The normalized spacial score (nSPS) is 15.9. The first-order valence-electron chi connectivity index (χ1n) is 9.47. The molecule has 1 fully saturated rings. The van der Waals surface area contributed by atoms with Crippen LogP contribution >= 0.6 is 0 Å². The van der Waals surface area contributed by atoms with Crippen LogP contribution in [0.25, 0.3) is 0 Å². The van der Waals surface area contributed by atoms with Crippen LogP contribution in [-0.4, -0.2) is 40.3 Å². The van der Waals surface area contributed by atoms with Crippen molar-refractivity contribution in [3.8, 4) is 6.07 Å². The van der Waals surface area contributed by atoms with E-state index < -0.39 is 6.09 Å². The first-order chi connectivity index (χ1) is 13.6. The van der Waals surface area contributed by atoms with Crippen molar-refractivity contribution in [1.82, 2.24) is 15.3 Å². The molecule has 1 aliphatic rings. The van der Waals surface area contributed by atoms with Crippen molar-refractivity contribution in [3.63, 3.8) is 0 Å². The number of hydrogen-bond donors (Lipinski definition) is 3. The van der Waals surface area contributed by atoms with Crippen molar-refractivity contribution < 1.29 is 9.90 Å². The molecule has 0 spiro atoms. The average molecular weight is 380 g/mol. The van der Waals surface area contributed by atoms with Crippen LogP contribution in [-0.2, 0) is 6.42 Å². The van der Waals surface area contributed by atoms with Gasteiger partial charge in [-0.3, -0.25) is 0 Å². The number of amides is 1. The molecule has 1 aromatic carbocycles. The number of aryl methyl sites for hydroxylation is 1. The minimum absolute atomic E-state index is 0.102. The third kappa shape index (κ3) is 5.10. The lowest BCUT2D eigenvalue weighted by Crippen LogP contribution is -2.36. The predicted molar refractivity (Wildman–Crippen MR) is 107 cm³/mol. The van der Waals surface area contributed by atoms with Gasteiger partial charge in [-0.05, 0) is 37.5 Å². The highest BCUT2D eigenvalue weighted by Crippen LogP contribution is 2.23. The van der Waals surface area contributed by atoms with Gasteiger partial charge in [0, 0.05) is 30.5 Å². The molecule has 8 nitrogen and oxygen atoms in total. The van der Waals surface area contributed by atoms with E-state index in [2.05, 4.69) is 38.5 Å². The summed E-state index contributed by atoms with van der Waals surface area (Å²) < 4.78 is 0. The van der Waals surface area contributed by atoms with Gasteiger partial charge in [-0.15, -0.1) is 0 Å². The molecule has 28 heavy (non-hydrogen) atoms. The van der Waals surface area contributed by atoms with Crippen molar-refractivity contribution in [1.29, 1.82) is 5.26 Å². The number of nitrogens with zero attached hydrogens (tertiary/aromatic N) is 4. The fraction of sp³-hybridized carbons (Fsp3) is 0.400. The lowest BCUT2D eigenvalue weighted by atomic mass is 10.2. The van der Waals surface area contributed by atoms with Crippen LogP contribution in [0.15, 0.2) is 30.3 Å². The Morgan fingerprint density at radius 2 is 2.25 bits per heavy atom. The van der Waals surface area contributed by atoms with Crippen LogP contribution < -0.4 is 15.5 Å². The summed E-state index contributed by atoms with van der Waals surface area (Å²) in [7, 11) is 0. The molecule has 1 atom stereocenters. The molecule has 0 radical (unpaired) electrons. The topological polar surface area (TPSA) is 114 Å². The number of anilines is 3. The van der Waals surface area contributed by atoms with Gasteiger partial charge in [0.05, 0.1) is 17.7 Å². The van der Waals surface area contributed by atoms with Gasteiger partial charge in [0.25, 0.3) is 0 Å². The summed E-state index contributed by atoms with van der Waals surface area (Å²) >= 11 is 0. The van der Waals surface area contributed by atoms with Crippen LogP contribution in [0.4, 0.5) is 22.2 Å². The molecule has 1 unspecified atom stereocenters. The SMILES string of the molecule is CCCCc1cc(N2CCC(NC(=O)O)C2)nc(Nc2cccc(C#N)c2)n1. The van der Waals surface area contributed by atoms with Gasteiger partial charge in [-0.25, -0.2) is 9.78 Å². The molecule has 0 saturated carbocycles. The van der Waals surface area contributed by atoms with E-state index in [0.29, 0.717) is 18.1 Å². The number of carbonyl (C=O) groups is 1. The van der Waals surface area contributed by atoms with Crippen molar-refractivity contribution in [2.45, 2.75) is 38.6 Å². The number of carboxylic acid groups (broad SMARTS) is 1. The molecule has 8 heteroatoms. The van der Waals surface area contributed by atoms with E-state index in [1.165, 1.54) is 0 Å². The molecule has 0 bridgehead atoms. The molecule has 1 aromatic heterocycles. The van der Waals surface area contributed by atoms with Gasteiger partial charge in [-0.1, -0.05) is 19.4 Å². The predicted octanol–water partition coefficient (Wildman–Crippen LogP) is 3.28. The summed E-state index contributed by atoms with van der Waals surface area (Å²) in [6, 6.07) is 11.2. The van der Waals surface area contributed by atoms with Crippen LogP contribution in [0.5, 0.6) is 0 Å². The van der Waals surface area contributed by atoms with E-state index >= 15 is 0 Å². The number of nitriles is 1.